The van der Waals surface area contributed by atoms with Gasteiger partial charge < -0.3 is 9.47 Å². The summed E-state index contributed by atoms with van der Waals surface area (Å²) < 4.78 is 15.1. The number of hydrogen-bond acceptors (Lipinski definition) is 6. The lowest BCUT2D eigenvalue weighted by Crippen LogP contribution is -2.24. The molecule has 0 atom stereocenters. The van der Waals surface area contributed by atoms with E-state index in [-0.39, 0.29) is 5.56 Å². The summed E-state index contributed by atoms with van der Waals surface area (Å²) in [6.45, 7) is 8.42. The van der Waals surface area contributed by atoms with Crippen molar-refractivity contribution in [1.29, 1.82) is 0 Å². The van der Waals surface area contributed by atoms with Crippen molar-refractivity contribution in [2.45, 2.75) is 38.9 Å². The zero-order valence-electron chi connectivity index (χ0n) is 18.7. The van der Waals surface area contributed by atoms with Crippen molar-refractivity contribution in [3.05, 3.63) is 63.9 Å². The van der Waals surface area contributed by atoms with E-state index >= 15 is 0 Å². The maximum Gasteiger partial charge on any atom is 0.262 e. The normalized spacial score (nSPS) is 11.5. The summed E-state index contributed by atoms with van der Waals surface area (Å²) in [6, 6.07) is 13.8. The maximum atomic E-state index is 13.1. The van der Waals surface area contributed by atoms with E-state index in [0.717, 1.165) is 28.4 Å². The highest BCUT2D eigenvalue weighted by Gasteiger charge is 2.16. The molecule has 0 aliphatic carbocycles. The van der Waals surface area contributed by atoms with Gasteiger partial charge in [0, 0.05) is 25.5 Å². The average molecular weight is 453 g/mol. The fourth-order valence-corrected chi connectivity index (χ4v) is 4.40. The third-order valence-corrected chi connectivity index (χ3v) is 6.16. The molecule has 32 heavy (non-hydrogen) atoms. The zero-order chi connectivity index (χ0) is 22.5. The maximum absolute atomic E-state index is 13.1. The molecule has 2 aromatic heterocycles. The Labute approximate surface area is 191 Å². The SMILES string of the molecule is CCOCCCn1c(=O)c2ccccc2n2c(SCCOc3cc(C)ccc3C)nnc12. The fraction of sp³-hybridized carbons (Fsp3) is 0.375. The molecular weight excluding hydrogens is 424 g/mol. The van der Waals surface area contributed by atoms with Gasteiger partial charge in [-0.25, -0.2) is 0 Å². The Hall–Kier alpha value is -2.84. The highest BCUT2D eigenvalue weighted by molar-refractivity contribution is 7.99. The number of aromatic nitrogens is 4. The van der Waals surface area contributed by atoms with Crippen LogP contribution in [0.3, 0.4) is 0 Å². The highest BCUT2D eigenvalue weighted by atomic mass is 32.2. The van der Waals surface area contributed by atoms with E-state index in [1.165, 1.54) is 5.56 Å². The van der Waals surface area contributed by atoms with Gasteiger partial charge in [0.05, 0.1) is 17.5 Å². The van der Waals surface area contributed by atoms with Crippen LogP contribution >= 0.6 is 11.8 Å². The Morgan fingerprint density at radius 1 is 1.06 bits per heavy atom. The van der Waals surface area contributed by atoms with Gasteiger partial charge in [0.1, 0.15) is 5.75 Å². The first-order valence-electron chi connectivity index (χ1n) is 10.9. The van der Waals surface area contributed by atoms with Gasteiger partial charge in [-0.3, -0.25) is 13.8 Å². The quantitative estimate of drug-likeness (QED) is 0.265. The third kappa shape index (κ3) is 4.66. The van der Waals surface area contributed by atoms with Crippen molar-refractivity contribution in [2.24, 2.45) is 0 Å². The van der Waals surface area contributed by atoms with Crippen LogP contribution < -0.4 is 10.3 Å². The molecule has 7 nitrogen and oxygen atoms in total. The lowest BCUT2D eigenvalue weighted by Gasteiger charge is -2.12. The first kappa shape index (κ1) is 22.4. The Balaban J connectivity index is 1.58. The molecule has 0 amide bonds. The van der Waals surface area contributed by atoms with E-state index in [4.69, 9.17) is 9.47 Å². The molecule has 0 bridgehead atoms. The summed E-state index contributed by atoms with van der Waals surface area (Å²) in [5.74, 6) is 2.18. The molecule has 4 rings (SSSR count). The minimum atomic E-state index is -0.0493. The van der Waals surface area contributed by atoms with Crippen molar-refractivity contribution >= 4 is 28.4 Å². The second kappa shape index (κ2) is 10.2. The zero-order valence-corrected chi connectivity index (χ0v) is 19.5. The second-order valence-electron chi connectivity index (χ2n) is 7.61. The Morgan fingerprint density at radius 2 is 1.91 bits per heavy atom. The third-order valence-electron chi connectivity index (χ3n) is 5.27. The van der Waals surface area contributed by atoms with Crippen LogP contribution in [0.25, 0.3) is 16.7 Å². The molecule has 0 saturated carbocycles. The number of rotatable bonds is 10. The molecule has 168 valence electrons. The molecule has 0 aliphatic heterocycles. The van der Waals surface area contributed by atoms with Crippen LogP contribution in [0.1, 0.15) is 24.5 Å². The largest absolute Gasteiger partial charge is 0.492 e. The van der Waals surface area contributed by atoms with Gasteiger partial charge in [0.2, 0.25) is 5.78 Å². The van der Waals surface area contributed by atoms with Crippen LogP contribution in [0.4, 0.5) is 0 Å². The van der Waals surface area contributed by atoms with Crippen LogP contribution in [-0.4, -0.2) is 44.7 Å². The van der Waals surface area contributed by atoms with Gasteiger partial charge in [-0.15, -0.1) is 10.2 Å². The molecule has 2 aromatic carbocycles. The topological polar surface area (TPSA) is 70.7 Å². The van der Waals surface area contributed by atoms with Crippen molar-refractivity contribution in [2.75, 3.05) is 25.6 Å². The van der Waals surface area contributed by atoms with Crippen LogP contribution in [0.2, 0.25) is 0 Å². The lowest BCUT2D eigenvalue weighted by molar-refractivity contribution is 0.141. The molecule has 0 N–H and O–H groups in total. The minimum Gasteiger partial charge on any atom is -0.492 e. The Bertz CT molecular complexity index is 1280. The lowest BCUT2D eigenvalue weighted by atomic mass is 10.1. The minimum absolute atomic E-state index is 0.0493. The number of thioether (sulfide) groups is 1. The first-order valence-corrected chi connectivity index (χ1v) is 11.9. The van der Waals surface area contributed by atoms with Gasteiger partial charge in [0.25, 0.3) is 5.56 Å². The summed E-state index contributed by atoms with van der Waals surface area (Å²) in [5, 5.41) is 10.2. The molecular formula is C24H28N4O3S. The molecule has 0 aliphatic rings. The van der Waals surface area contributed by atoms with Gasteiger partial charge in [-0.2, -0.15) is 0 Å². The molecule has 8 heteroatoms. The summed E-state index contributed by atoms with van der Waals surface area (Å²) in [7, 11) is 0. The number of benzene rings is 2. The fourth-order valence-electron chi connectivity index (χ4n) is 3.65. The summed E-state index contributed by atoms with van der Waals surface area (Å²) >= 11 is 1.57. The standard InChI is InChI=1S/C24H28N4O3S/c1-4-30-13-7-12-27-22(29)19-8-5-6-9-20(19)28-23(27)25-26-24(28)32-15-14-31-21-16-17(2)10-11-18(21)3/h5-6,8-11,16H,4,7,12-15H2,1-3H3. The van der Waals surface area contributed by atoms with Crippen LogP contribution in [0.5, 0.6) is 5.75 Å². The van der Waals surface area contributed by atoms with E-state index in [1.807, 2.05) is 42.5 Å². The predicted octanol–water partition coefficient (Wildman–Crippen LogP) is 4.26. The molecule has 0 saturated heterocycles. The van der Waals surface area contributed by atoms with E-state index in [9.17, 15) is 4.79 Å². The Kier molecular flexibility index (Phi) is 7.12. The molecule has 0 spiro atoms. The van der Waals surface area contributed by atoms with Gasteiger partial charge in [-0.05, 0) is 56.5 Å². The van der Waals surface area contributed by atoms with E-state index in [1.54, 1.807) is 16.3 Å². The molecule has 0 fully saturated rings. The van der Waals surface area contributed by atoms with Gasteiger partial charge in [-0.1, -0.05) is 36.0 Å². The van der Waals surface area contributed by atoms with Crippen LogP contribution in [0.15, 0.2) is 52.4 Å². The number of aryl methyl sites for hydroxylation is 3. The number of fused-ring (bicyclic) bond motifs is 3. The van der Waals surface area contributed by atoms with Gasteiger partial charge >= 0.3 is 0 Å². The highest BCUT2D eigenvalue weighted by Crippen LogP contribution is 2.23. The van der Waals surface area contributed by atoms with Gasteiger partial charge in [0.15, 0.2) is 5.16 Å². The molecule has 4 aromatic rings. The molecule has 0 radical (unpaired) electrons. The van der Waals surface area contributed by atoms with Crippen LogP contribution in [-0.2, 0) is 11.3 Å². The molecule has 2 heterocycles. The number of nitrogens with zero attached hydrogens (tertiary/aromatic N) is 4. The van der Waals surface area contributed by atoms with Crippen molar-refractivity contribution in [3.63, 3.8) is 0 Å². The smallest absolute Gasteiger partial charge is 0.262 e. The van der Waals surface area contributed by atoms with E-state index in [2.05, 4.69) is 35.3 Å². The number of para-hydroxylation sites is 1. The van der Waals surface area contributed by atoms with Crippen molar-refractivity contribution in [1.82, 2.24) is 19.2 Å². The predicted molar refractivity (Wildman–Crippen MR) is 128 cm³/mol. The number of ether oxygens (including phenoxy) is 2. The average Bonchev–Trinajstić information content (AvgIpc) is 3.22. The van der Waals surface area contributed by atoms with Crippen LogP contribution in [0, 0.1) is 13.8 Å². The summed E-state index contributed by atoms with van der Waals surface area (Å²) in [6.07, 6.45) is 0.737. The van der Waals surface area contributed by atoms with Crippen molar-refractivity contribution < 1.29 is 9.47 Å². The first-order chi connectivity index (χ1) is 15.6. The molecule has 0 unspecified atom stereocenters. The van der Waals surface area contributed by atoms with E-state index < -0.39 is 0 Å². The van der Waals surface area contributed by atoms with E-state index in [0.29, 0.717) is 43.3 Å². The Morgan fingerprint density at radius 3 is 2.75 bits per heavy atom. The summed E-state index contributed by atoms with van der Waals surface area (Å²) in [5.41, 5.74) is 3.06. The number of hydrogen-bond donors (Lipinski definition) is 0. The second-order valence-corrected chi connectivity index (χ2v) is 8.67. The monoisotopic (exact) mass is 452 g/mol. The van der Waals surface area contributed by atoms with Crippen molar-refractivity contribution in [3.8, 4) is 5.75 Å². The summed E-state index contributed by atoms with van der Waals surface area (Å²) in [4.78, 5) is 13.1.